The zero-order valence-corrected chi connectivity index (χ0v) is 13.6. The molecule has 0 saturated heterocycles. The molecule has 4 aromatic rings. The highest BCUT2D eigenvalue weighted by molar-refractivity contribution is 7.25. The van der Waals surface area contributed by atoms with Gasteiger partial charge < -0.3 is 4.90 Å². The van der Waals surface area contributed by atoms with Gasteiger partial charge in [-0.25, -0.2) is 9.97 Å². The van der Waals surface area contributed by atoms with Gasteiger partial charge in [0, 0.05) is 25.7 Å². The summed E-state index contributed by atoms with van der Waals surface area (Å²) in [5.41, 5.74) is 2.56. The van der Waals surface area contributed by atoms with Crippen molar-refractivity contribution in [2.24, 2.45) is 0 Å². The Bertz CT molecular complexity index is 1030. The van der Waals surface area contributed by atoms with E-state index in [0.717, 1.165) is 27.1 Å². The van der Waals surface area contributed by atoms with Crippen LogP contribution in [0.3, 0.4) is 0 Å². The quantitative estimate of drug-likeness (QED) is 0.567. The summed E-state index contributed by atoms with van der Waals surface area (Å²) in [7, 11) is 3.95. The van der Waals surface area contributed by atoms with Gasteiger partial charge in [-0.3, -0.25) is 9.36 Å². The molecule has 0 fully saturated rings. The molecular formula is C15H12N4OS2. The van der Waals surface area contributed by atoms with E-state index in [-0.39, 0.29) is 5.56 Å². The third kappa shape index (κ3) is 1.86. The van der Waals surface area contributed by atoms with E-state index in [9.17, 15) is 4.79 Å². The maximum absolute atomic E-state index is 12.8. The molecule has 4 heterocycles. The van der Waals surface area contributed by atoms with Crippen molar-refractivity contribution in [1.29, 1.82) is 0 Å². The Hall–Kier alpha value is -2.25. The van der Waals surface area contributed by atoms with Gasteiger partial charge in [0.15, 0.2) is 0 Å². The number of rotatable bonds is 2. The van der Waals surface area contributed by atoms with Gasteiger partial charge in [-0.1, -0.05) is 0 Å². The summed E-state index contributed by atoms with van der Waals surface area (Å²) in [4.78, 5) is 24.6. The first-order valence-corrected chi connectivity index (χ1v) is 8.41. The first-order valence-electron chi connectivity index (χ1n) is 6.65. The molecule has 0 aliphatic rings. The molecule has 0 radical (unpaired) electrons. The normalized spacial score (nSPS) is 11.4. The Labute approximate surface area is 134 Å². The number of aromatic nitrogens is 3. The van der Waals surface area contributed by atoms with Gasteiger partial charge in [0.25, 0.3) is 5.56 Å². The molecule has 7 heteroatoms. The van der Waals surface area contributed by atoms with Crippen LogP contribution in [0.25, 0.3) is 26.1 Å². The van der Waals surface area contributed by atoms with E-state index in [2.05, 4.69) is 9.97 Å². The van der Waals surface area contributed by atoms with E-state index in [1.54, 1.807) is 28.4 Å². The smallest absolute Gasteiger partial charge is 0.275 e. The maximum atomic E-state index is 12.8. The minimum absolute atomic E-state index is 0.0453. The van der Waals surface area contributed by atoms with E-state index in [4.69, 9.17) is 0 Å². The Kier molecular flexibility index (Phi) is 2.98. The molecule has 0 aromatic carbocycles. The molecule has 0 spiro atoms. The van der Waals surface area contributed by atoms with Crippen LogP contribution in [0.15, 0.2) is 40.2 Å². The van der Waals surface area contributed by atoms with Crippen LogP contribution < -0.4 is 10.5 Å². The fraction of sp³-hybridized carbons (Fsp3) is 0.133. The fourth-order valence-electron chi connectivity index (χ4n) is 2.49. The number of hydrogen-bond donors (Lipinski definition) is 0. The zero-order valence-electron chi connectivity index (χ0n) is 12.0. The van der Waals surface area contributed by atoms with Crippen LogP contribution in [-0.4, -0.2) is 28.6 Å². The number of anilines is 1. The third-order valence-corrected chi connectivity index (χ3v) is 5.27. The van der Waals surface area contributed by atoms with Crippen LogP contribution in [0.2, 0.25) is 0 Å². The molecule has 4 rings (SSSR count). The second-order valence-corrected chi connectivity index (χ2v) is 6.86. The summed E-state index contributed by atoms with van der Waals surface area (Å²) >= 11 is 2.96. The molecule has 22 heavy (non-hydrogen) atoms. The molecule has 0 saturated carbocycles. The first-order chi connectivity index (χ1) is 10.7. The highest BCUT2D eigenvalue weighted by atomic mass is 32.1. The molecule has 0 atom stereocenters. The standard InChI is InChI=1S/C15H12N4OS2/c1-18(2)10-3-5-16-14-11(10)12-13(22-14)15(20)19(8-17-12)9-4-6-21-7-9/h3-8H,1-2H3. The second kappa shape index (κ2) is 4.89. The van der Waals surface area contributed by atoms with Crippen molar-refractivity contribution in [1.82, 2.24) is 14.5 Å². The number of fused-ring (bicyclic) bond motifs is 3. The lowest BCUT2D eigenvalue weighted by molar-refractivity contribution is 0.973. The summed E-state index contributed by atoms with van der Waals surface area (Å²) in [5.74, 6) is 0. The van der Waals surface area contributed by atoms with Gasteiger partial charge in [-0.05, 0) is 17.5 Å². The van der Waals surface area contributed by atoms with E-state index in [1.165, 1.54) is 11.3 Å². The lowest BCUT2D eigenvalue weighted by atomic mass is 10.2. The van der Waals surface area contributed by atoms with Gasteiger partial charge >= 0.3 is 0 Å². The van der Waals surface area contributed by atoms with Crippen molar-refractivity contribution < 1.29 is 0 Å². The number of hydrogen-bond acceptors (Lipinski definition) is 6. The topological polar surface area (TPSA) is 51.0 Å². The third-order valence-electron chi connectivity index (χ3n) is 3.53. The molecule has 110 valence electrons. The predicted molar refractivity (Wildman–Crippen MR) is 92.7 cm³/mol. The predicted octanol–water partition coefficient (Wildman–Crippen LogP) is 3.12. The number of nitrogens with zero attached hydrogens (tertiary/aromatic N) is 4. The summed E-state index contributed by atoms with van der Waals surface area (Å²) < 4.78 is 2.23. The molecule has 0 unspecified atom stereocenters. The van der Waals surface area contributed by atoms with E-state index >= 15 is 0 Å². The minimum Gasteiger partial charge on any atom is -0.377 e. The largest absolute Gasteiger partial charge is 0.377 e. The molecule has 4 aromatic heterocycles. The highest BCUT2D eigenvalue weighted by Gasteiger charge is 2.16. The molecule has 0 amide bonds. The average Bonchev–Trinajstić information content (AvgIpc) is 3.14. The van der Waals surface area contributed by atoms with Crippen LogP contribution in [0.1, 0.15) is 0 Å². The average molecular weight is 328 g/mol. The molecule has 0 N–H and O–H groups in total. The first kappa shape index (κ1) is 13.4. The van der Waals surface area contributed by atoms with Crippen LogP contribution >= 0.6 is 22.7 Å². The van der Waals surface area contributed by atoms with E-state index in [0.29, 0.717) is 4.70 Å². The van der Waals surface area contributed by atoms with Crippen molar-refractivity contribution in [2.75, 3.05) is 19.0 Å². The Morgan fingerprint density at radius 2 is 2.09 bits per heavy atom. The molecular weight excluding hydrogens is 316 g/mol. The van der Waals surface area contributed by atoms with Crippen molar-refractivity contribution in [2.45, 2.75) is 0 Å². The summed E-state index contributed by atoms with van der Waals surface area (Å²) in [6.45, 7) is 0. The van der Waals surface area contributed by atoms with Crippen molar-refractivity contribution in [3.63, 3.8) is 0 Å². The van der Waals surface area contributed by atoms with Crippen molar-refractivity contribution in [3.05, 3.63) is 45.8 Å². The van der Waals surface area contributed by atoms with E-state index < -0.39 is 0 Å². The number of thiophene rings is 2. The minimum atomic E-state index is -0.0453. The summed E-state index contributed by atoms with van der Waals surface area (Å²) in [5, 5.41) is 4.83. The summed E-state index contributed by atoms with van der Waals surface area (Å²) in [6.07, 6.45) is 3.37. The van der Waals surface area contributed by atoms with Crippen LogP contribution in [0.4, 0.5) is 5.69 Å². The summed E-state index contributed by atoms with van der Waals surface area (Å²) in [6, 6.07) is 3.86. The van der Waals surface area contributed by atoms with Gasteiger partial charge in [0.1, 0.15) is 15.9 Å². The highest BCUT2D eigenvalue weighted by Crippen LogP contribution is 2.35. The van der Waals surface area contributed by atoms with Crippen LogP contribution in [0.5, 0.6) is 0 Å². The van der Waals surface area contributed by atoms with Crippen molar-refractivity contribution >= 4 is 48.8 Å². The molecule has 5 nitrogen and oxygen atoms in total. The van der Waals surface area contributed by atoms with Gasteiger partial charge in [-0.2, -0.15) is 11.3 Å². The zero-order chi connectivity index (χ0) is 15.3. The van der Waals surface area contributed by atoms with Crippen molar-refractivity contribution in [3.8, 4) is 5.69 Å². The van der Waals surface area contributed by atoms with Gasteiger partial charge in [-0.15, -0.1) is 11.3 Å². The van der Waals surface area contributed by atoms with Gasteiger partial charge in [0.2, 0.25) is 0 Å². The molecule has 0 aliphatic heterocycles. The Balaban J connectivity index is 2.11. The van der Waals surface area contributed by atoms with E-state index in [1.807, 2.05) is 41.9 Å². The SMILES string of the molecule is CN(C)c1ccnc2sc3c(=O)n(-c4ccsc4)cnc3c12. The van der Waals surface area contributed by atoms with Crippen LogP contribution in [-0.2, 0) is 0 Å². The lowest BCUT2D eigenvalue weighted by Crippen LogP contribution is -2.17. The lowest BCUT2D eigenvalue weighted by Gasteiger charge is -2.13. The molecule has 0 bridgehead atoms. The van der Waals surface area contributed by atoms with Gasteiger partial charge in [0.05, 0.1) is 22.3 Å². The Morgan fingerprint density at radius 1 is 1.23 bits per heavy atom. The monoisotopic (exact) mass is 328 g/mol. The Morgan fingerprint density at radius 3 is 2.82 bits per heavy atom. The van der Waals surface area contributed by atoms with Crippen LogP contribution in [0, 0.1) is 0 Å². The molecule has 0 aliphatic carbocycles. The second-order valence-electron chi connectivity index (χ2n) is 5.09. The number of pyridine rings is 1. The fourth-order valence-corrected chi connectivity index (χ4v) is 4.16. The maximum Gasteiger partial charge on any atom is 0.275 e.